The molecule has 0 saturated carbocycles. The molecule has 5 heterocycles. The molecule has 28 heavy (non-hydrogen) atoms. The van der Waals surface area contributed by atoms with Crippen molar-refractivity contribution in [3.05, 3.63) is 48.0 Å². The number of methoxy groups -OCH3 is 1. The molecule has 0 radical (unpaired) electrons. The molecular weight excluding hydrogens is 376 g/mol. The first-order valence-corrected chi connectivity index (χ1v) is 9.62. The van der Waals surface area contributed by atoms with Gasteiger partial charge < -0.3 is 4.74 Å². The third-order valence-electron chi connectivity index (χ3n) is 4.45. The highest BCUT2D eigenvalue weighted by Gasteiger charge is 2.23. The van der Waals surface area contributed by atoms with Gasteiger partial charge in [-0.25, -0.2) is 9.97 Å². The molecule has 0 saturated heterocycles. The second-order valence-electron chi connectivity index (χ2n) is 6.36. The van der Waals surface area contributed by atoms with Gasteiger partial charge in [-0.05, 0) is 12.1 Å². The molecule has 0 aromatic carbocycles. The third-order valence-corrected chi connectivity index (χ3v) is 5.55. The monoisotopic (exact) mass is 394 g/mol. The van der Waals surface area contributed by atoms with Gasteiger partial charge in [0.2, 0.25) is 0 Å². The topological polar surface area (TPSA) is 93.0 Å². The van der Waals surface area contributed by atoms with E-state index in [1.54, 1.807) is 30.8 Å². The number of thiophene rings is 1. The van der Waals surface area contributed by atoms with Crippen molar-refractivity contribution in [3.63, 3.8) is 0 Å². The normalized spacial score (nSPS) is 13.1. The Morgan fingerprint density at radius 3 is 3.11 bits per heavy atom. The Balaban J connectivity index is 1.39. The molecule has 2 N–H and O–H groups in total. The van der Waals surface area contributed by atoms with E-state index in [-0.39, 0.29) is 0 Å². The smallest absolute Gasteiger partial charge is 0.190 e. The van der Waals surface area contributed by atoms with Gasteiger partial charge >= 0.3 is 0 Å². The summed E-state index contributed by atoms with van der Waals surface area (Å²) in [5.41, 5.74) is 7.91. The molecule has 142 valence electrons. The molecule has 0 amide bonds. The maximum Gasteiger partial charge on any atom is 0.190 e. The van der Waals surface area contributed by atoms with Crippen LogP contribution in [0.3, 0.4) is 0 Å². The van der Waals surface area contributed by atoms with Gasteiger partial charge in [0.15, 0.2) is 11.6 Å². The maximum absolute atomic E-state index is 5.10. The van der Waals surface area contributed by atoms with Gasteiger partial charge in [-0.15, -0.1) is 16.9 Å². The molecule has 10 heteroatoms. The Bertz CT molecular complexity index is 1090. The van der Waals surface area contributed by atoms with Crippen LogP contribution >= 0.6 is 11.3 Å². The van der Waals surface area contributed by atoms with E-state index in [0.29, 0.717) is 25.5 Å². The van der Waals surface area contributed by atoms with Crippen molar-refractivity contribution < 1.29 is 4.74 Å². The molecule has 5 rings (SSSR count). The molecule has 0 fully saturated rings. The van der Waals surface area contributed by atoms with Crippen LogP contribution in [0.2, 0.25) is 0 Å². The summed E-state index contributed by atoms with van der Waals surface area (Å²) in [5, 5.41) is 7.46. The van der Waals surface area contributed by atoms with Gasteiger partial charge in [0.25, 0.3) is 0 Å². The summed E-state index contributed by atoms with van der Waals surface area (Å²) in [4.78, 5) is 14.7. The first-order chi connectivity index (χ1) is 13.8. The molecule has 0 unspecified atom stereocenters. The van der Waals surface area contributed by atoms with Crippen molar-refractivity contribution in [2.24, 2.45) is 0 Å². The predicted molar refractivity (Wildman–Crippen MR) is 108 cm³/mol. The summed E-state index contributed by atoms with van der Waals surface area (Å²) < 4.78 is 8.16. The zero-order valence-corrected chi connectivity index (χ0v) is 16.0. The van der Waals surface area contributed by atoms with E-state index in [0.717, 1.165) is 22.5 Å². The van der Waals surface area contributed by atoms with Crippen LogP contribution in [0.25, 0.3) is 21.3 Å². The van der Waals surface area contributed by atoms with E-state index < -0.39 is 0 Å². The first-order valence-electron chi connectivity index (χ1n) is 8.80. The van der Waals surface area contributed by atoms with Crippen LogP contribution in [0.15, 0.2) is 43.1 Å². The van der Waals surface area contributed by atoms with Gasteiger partial charge in [-0.1, -0.05) is 0 Å². The van der Waals surface area contributed by atoms with Crippen molar-refractivity contribution >= 4 is 33.1 Å². The highest BCUT2D eigenvalue weighted by atomic mass is 32.1. The molecule has 0 atom stereocenters. The summed E-state index contributed by atoms with van der Waals surface area (Å²) in [7, 11) is 1.68. The van der Waals surface area contributed by atoms with Crippen molar-refractivity contribution in [3.8, 4) is 11.3 Å². The fourth-order valence-corrected chi connectivity index (χ4v) is 4.08. The van der Waals surface area contributed by atoms with Gasteiger partial charge in [0.05, 0.1) is 37.8 Å². The lowest BCUT2D eigenvalue weighted by atomic mass is 10.2. The minimum absolute atomic E-state index is 0.614. The lowest BCUT2D eigenvalue weighted by Gasteiger charge is -2.15. The average Bonchev–Trinajstić information content (AvgIpc) is 3.44. The zero-order chi connectivity index (χ0) is 18.9. The molecule has 1 aliphatic heterocycles. The molecular formula is C18H18N8OS. The van der Waals surface area contributed by atoms with Crippen LogP contribution in [-0.2, 0) is 17.8 Å². The maximum atomic E-state index is 5.10. The molecule has 0 bridgehead atoms. The zero-order valence-electron chi connectivity index (χ0n) is 15.2. The number of hydrogen-bond donors (Lipinski definition) is 2. The quantitative estimate of drug-likeness (QED) is 0.515. The average molecular weight is 394 g/mol. The first kappa shape index (κ1) is 17.0. The molecule has 0 spiro atoms. The Morgan fingerprint density at radius 2 is 2.21 bits per heavy atom. The number of aromatic nitrogens is 5. The van der Waals surface area contributed by atoms with E-state index in [9.17, 15) is 0 Å². The van der Waals surface area contributed by atoms with Crippen molar-refractivity contribution in [2.45, 2.75) is 13.1 Å². The Morgan fingerprint density at radius 1 is 1.25 bits per heavy atom. The van der Waals surface area contributed by atoms with Crippen molar-refractivity contribution in [2.75, 3.05) is 24.2 Å². The van der Waals surface area contributed by atoms with E-state index in [2.05, 4.69) is 32.1 Å². The molecule has 0 aliphatic carbocycles. The number of hydrazine groups is 2. The SMILES string of the molecule is COCCn1cc(-c2cnc3c(n2)N(Cc2cc4cnccc4s2)NN3)cn1. The third kappa shape index (κ3) is 3.17. The van der Waals surface area contributed by atoms with Crippen molar-refractivity contribution in [1.29, 1.82) is 0 Å². The van der Waals surface area contributed by atoms with Crippen LogP contribution in [0, 0.1) is 0 Å². The summed E-state index contributed by atoms with van der Waals surface area (Å²) in [6, 6.07) is 4.19. The highest BCUT2D eigenvalue weighted by Crippen LogP contribution is 2.31. The summed E-state index contributed by atoms with van der Waals surface area (Å²) in [5.74, 6) is 1.47. The Kier molecular flexibility index (Phi) is 4.35. The van der Waals surface area contributed by atoms with Gasteiger partial charge in [-0.2, -0.15) is 5.10 Å². The number of anilines is 2. The number of nitrogens with zero attached hydrogens (tertiary/aromatic N) is 6. The van der Waals surface area contributed by atoms with Crippen LogP contribution in [0.1, 0.15) is 4.88 Å². The predicted octanol–water partition coefficient (Wildman–Crippen LogP) is 2.45. The summed E-state index contributed by atoms with van der Waals surface area (Å²) in [6.07, 6.45) is 9.20. The van der Waals surface area contributed by atoms with Gasteiger partial charge in [0.1, 0.15) is 0 Å². The van der Waals surface area contributed by atoms with Gasteiger partial charge in [-0.3, -0.25) is 20.1 Å². The molecule has 9 nitrogen and oxygen atoms in total. The molecule has 4 aromatic rings. The number of pyridine rings is 1. The number of hydrogen-bond acceptors (Lipinski definition) is 9. The Hall–Kier alpha value is -3.08. The highest BCUT2D eigenvalue weighted by molar-refractivity contribution is 7.19. The number of fused-ring (bicyclic) bond motifs is 2. The minimum Gasteiger partial charge on any atom is -0.383 e. The Labute approximate surface area is 165 Å². The second-order valence-corrected chi connectivity index (χ2v) is 7.53. The summed E-state index contributed by atoms with van der Waals surface area (Å²) in [6.45, 7) is 1.98. The number of ether oxygens (including phenoxy) is 1. The van der Waals surface area contributed by atoms with E-state index in [1.165, 1.54) is 9.58 Å². The summed E-state index contributed by atoms with van der Waals surface area (Å²) >= 11 is 1.75. The minimum atomic E-state index is 0.614. The van der Waals surface area contributed by atoms with Crippen molar-refractivity contribution in [1.82, 2.24) is 30.3 Å². The lowest BCUT2D eigenvalue weighted by molar-refractivity contribution is 0.183. The van der Waals surface area contributed by atoms with E-state index >= 15 is 0 Å². The van der Waals surface area contributed by atoms with E-state index in [4.69, 9.17) is 9.72 Å². The number of rotatable bonds is 6. The number of nitrogens with one attached hydrogen (secondary N) is 2. The molecule has 4 aromatic heterocycles. The van der Waals surface area contributed by atoms with Crippen LogP contribution in [0.5, 0.6) is 0 Å². The van der Waals surface area contributed by atoms with Crippen LogP contribution in [-0.4, -0.2) is 38.4 Å². The van der Waals surface area contributed by atoms with Crippen LogP contribution in [0.4, 0.5) is 11.6 Å². The fourth-order valence-electron chi connectivity index (χ4n) is 3.06. The van der Waals surface area contributed by atoms with Crippen LogP contribution < -0.4 is 16.0 Å². The standard InChI is InChI=1S/C18H18N8OS/c1-27-5-4-25-10-13(8-21-25)15-9-20-17-18(22-15)26(24-23-17)11-14-6-12-7-19-3-2-16(12)28-14/h2-3,6-10,24H,4-5,11H2,1H3,(H,20,23). The lowest BCUT2D eigenvalue weighted by Crippen LogP contribution is -2.35. The van der Waals surface area contributed by atoms with Gasteiger partial charge in [0, 0.05) is 46.2 Å². The van der Waals surface area contributed by atoms with E-state index in [1.807, 2.05) is 34.3 Å². The largest absolute Gasteiger partial charge is 0.383 e. The second kappa shape index (κ2) is 7.15. The molecule has 1 aliphatic rings. The fraction of sp³-hybridized carbons (Fsp3) is 0.222.